The summed E-state index contributed by atoms with van der Waals surface area (Å²) >= 11 is 5.14. The summed E-state index contributed by atoms with van der Waals surface area (Å²) in [5.74, 6) is 0. The molecule has 5 nitrogen and oxygen atoms in total. The van der Waals surface area contributed by atoms with E-state index in [0.717, 1.165) is 16.6 Å². The summed E-state index contributed by atoms with van der Waals surface area (Å²) in [6, 6.07) is 18.9. The fourth-order valence-electron chi connectivity index (χ4n) is 2.10. The number of fused-ring (bicyclic) bond motifs is 1. The number of pyridine rings is 1. The van der Waals surface area contributed by atoms with Gasteiger partial charge in [0.15, 0.2) is 5.11 Å². The van der Waals surface area contributed by atoms with Gasteiger partial charge in [-0.15, -0.1) is 0 Å². The highest BCUT2D eigenvalue weighted by atomic mass is 32.1. The minimum absolute atomic E-state index is 0.198. The van der Waals surface area contributed by atoms with E-state index in [9.17, 15) is 4.79 Å². The van der Waals surface area contributed by atoms with Gasteiger partial charge in [-0.3, -0.25) is 10.2 Å². The molecule has 0 atom stereocenters. The third-order valence-corrected chi connectivity index (χ3v) is 3.38. The molecule has 3 aromatic rings. The van der Waals surface area contributed by atoms with Gasteiger partial charge in [-0.05, 0) is 41.9 Å². The van der Waals surface area contributed by atoms with E-state index in [1.807, 2.05) is 54.6 Å². The normalized spacial score (nSPS) is 10.8. The van der Waals surface area contributed by atoms with E-state index in [-0.39, 0.29) is 5.56 Å². The second kappa shape index (κ2) is 6.85. The second-order valence-corrected chi connectivity index (χ2v) is 5.24. The van der Waals surface area contributed by atoms with Crippen LogP contribution < -0.4 is 16.3 Å². The average Bonchev–Trinajstić information content (AvgIpc) is 2.56. The minimum atomic E-state index is -0.198. The first-order valence-electron chi connectivity index (χ1n) is 6.99. The lowest BCUT2D eigenvalue weighted by Gasteiger charge is -2.06. The summed E-state index contributed by atoms with van der Waals surface area (Å²) in [6.07, 6.45) is 1.45. The molecule has 3 N–H and O–H groups in total. The summed E-state index contributed by atoms with van der Waals surface area (Å²) in [4.78, 5) is 14.8. The van der Waals surface area contributed by atoms with Crippen molar-refractivity contribution >= 4 is 40.1 Å². The third-order valence-electron chi connectivity index (χ3n) is 3.18. The van der Waals surface area contributed by atoms with Crippen molar-refractivity contribution in [3.05, 3.63) is 76.6 Å². The fraction of sp³-hybridized carbons (Fsp3) is 0. The van der Waals surface area contributed by atoms with E-state index < -0.39 is 0 Å². The van der Waals surface area contributed by atoms with E-state index in [2.05, 4.69) is 20.8 Å². The van der Waals surface area contributed by atoms with Crippen molar-refractivity contribution in [2.75, 3.05) is 5.32 Å². The highest BCUT2D eigenvalue weighted by Crippen LogP contribution is 2.09. The van der Waals surface area contributed by atoms with Crippen LogP contribution in [0.4, 0.5) is 5.69 Å². The standard InChI is InChI=1S/C17H14N4OS/c22-16-13(10-12-6-4-5-9-15(12)20-16)11-18-21-17(23)19-14-7-2-1-3-8-14/h1-11H,(H,20,22)(H2,19,21,23)/b18-11-. The molecule has 23 heavy (non-hydrogen) atoms. The number of hydrazone groups is 1. The molecule has 0 saturated heterocycles. The Morgan fingerprint density at radius 2 is 1.83 bits per heavy atom. The van der Waals surface area contributed by atoms with Crippen LogP contribution in [0.5, 0.6) is 0 Å². The molecule has 2 aromatic carbocycles. The predicted octanol–water partition coefficient (Wildman–Crippen LogP) is 2.85. The molecule has 0 fully saturated rings. The maximum Gasteiger partial charge on any atom is 0.257 e. The zero-order valence-electron chi connectivity index (χ0n) is 12.1. The number of hydrogen-bond acceptors (Lipinski definition) is 3. The first-order chi connectivity index (χ1) is 11.2. The maximum absolute atomic E-state index is 12.0. The van der Waals surface area contributed by atoms with Crippen LogP contribution in [0.3, 0.4) is 0 Å². The maximum atomic E-state index is 12.0. The van der Waals surface area contributed by atoms with Crippen molar-refractivity contribution in [1.82, 2.24) is 10.4 Å². The lowest BCUT2D eigenvalue weighted by atomic mass is 10.2. The summed E-state index contributed by atoms with van der Waals surface area (Å²) in [7, 11) is 0. The highest BCUT2D eigenvalue weighted by molar-refractivity contribution is 7.80. The monoisotopic (exact) mass is 322 g/mol. The molecule has 1 heterocycles. The number of anilines is 1. The fourth-order valence-corrected chi connectivity index (χ4v) is 2.27. The summed E-state index contributed by atoms with van der Waals surface area (Å²) in [6.45, 7) is 0. The molecular weight excluding hydrogens is 308 g/mol. The Bertz CT molecular complexity index is 919. The average molecular weight is 322 g/mol. The molecule has 0 aliphatic rings. The number of H-pyrrole nitrogens is 1. The van der Waals surface area contributed by atoms with Gasteiger partial charge in [0, 0.05) is 11.2 Å². The van der Waals surface area contributed by atoms with E-state index in [1.165, 1.54) is 6.21 Å². The Morgan fingerprint density at radius 1 is 1.09 bits per heavy atom. The molecule has 0 spiro atoms. The second-order valence-electron chi connectivity index (χ2n) is 4.83. The molecule has 0 unspecified atom stereocenters. The number of para-hydroxylation sites is 2. The van der Waals surface area contributed by atoms with Gasteiger partial charge in [0.2, 0.25) is 0 Å². The van der Waals surface area contributed by atoms with Crippen LogP contribution in [0.2, 0.25) is 0 Å². The number of hydrogen-bond donors (Lipinski definition) is 3. The SMILES string of the molecule is O=c1[nH]c2ccccc2cc1/C=N\NC(=S)Nc1ccccc1. The van der Waals surface area contributed by atoms with Crippen LogP contribution in [0.1, 0.15) is 5.56 Å². The van der Waals surface area contributed by atoms with E-state index in [4.69, 9.17) is 12.2 Å². The van der Waals surface area contributed by atoms with Crippen molar-refractivity contribution in [2.45, 2.75) is 0 Å². The Hall–Kier alpha value is -2.99. The largest absolute Gasteiger partial charge is 0.331 e. The molecule has 6 heteroatoms. The van der Waals surface area contributed by atoms with Crippen molar-refractivity contribution in [1.29, 1.82) is 0 Å². The van der Waals surface area contributed by atoms with E-state index >= 15 is 0 Å². The van der Waals surface area contributed by atoms with Crippen molar-refractivity contribution in [3.8, 4) is 0 Å². The molecule has 114 valence electrons. The number of rotatable bonds is 3. The van der Waals surface area contributed by atoms with Gasteiger partial charge in [-0.25, -0.2) is 0 Å². The Balaban J connectivity index is 1.69. The van der Waals surface area contributed by atoms with Gasteiger partial charge < -0.3 is 10.3 Å². The Labute approximate surface area is 138 Å². The molecule has 0 radical (unpaired) electrons. The molecule has 3 rings (SSSR count). The third kappa shape index (κ3) is 3.81. The number of aromatic nitrogens is 1. The summed E-state index contributed by atoms with van der Waals surface area (Å²) in [5, 5.41) is 8.29. The summed E-state index contributed by atoms with van der Waals surface area (Å²) < 4.78 is 0. The molecule has 0 bridgehead atoms. The zero-order chi connectivity index (χ0) is 16.1. The number of nitrogens with one attached hydrogen (secondary N) is 3. The highest BCUT2D eigenvalue weighted by Gasteiger charge is 2.00. The molecule has 0 amide bonds. The van der Waals surface area contributed by atoms with Crippen molar-refractivity contribution in [3.63, 3.8) is 0 Å². The number of thiocarbonyl (C=S) groups is 1. The minimum Gasteiger partial charge on any atom is -0.331 e. The quantitative estimate of drug-likeness (QED) is 0.394. The van der Waals surface area contributed by atoms with Gasteiger partial charge in [0.1, 0.15) is 0 Å². The van der Waals surface area contributed by atoms with Crippen LogP contribution in [0.25, 0.3) is 10.9 Å². The van der Waals surface area contributed by atoms with Crippen molar-refractivity contribution in [2.24, 2.45) is 5.10 Å². The first kappa shape index (κ1) is 14.9. The van der Waals surface area contributed by atoms with Gasteiger partial charge >= 0.3 is 0 Å². The predicted molar refractivity (Wildman–Crippen MR) is 98.0 cm³/mol. The van der Waals surface area contributed by atoms with Gasteiger partial charge in [0.05, 0.1) is 11.8 Å². The van der Waals surface area contributed by atoms with Crippen LogP contribution in [-0.2, 0) is 0 Å². The molecule has 0 aliphatic heterocycles. The Morgan fingerprint density at radius 3 is 2.65 bits per heavy atom. The lowest BCUT2D eigenvalue weighted by molar-refractivity contribution is 1.05. The van der Waals surface area contributed by atoms with Crippen LogP contribution in [0.15, 0.2) is 70.6 Å². The first-order valence-corrected chi connectivity index (χ1v) is 7.40. The molecule has 1 aromatic heterocycles. The molecule has 0 aliphatic carbocycles. The Kier molecular flexibility index (Phi) is 4.44. The number of aromatic amines is 1. The van der Waals surface area contributed by atoms with Crippen LogP contribution >= 0.6 is 12.2 Å². The van der Waals surface area contributed by atoms with Gasteiger partial charge in [-0.2, -0.15) is 5.10 Å². The number of benzene rings is 2. The molecular formula is C17H14N4OS. The zero-order valence-corrected chi connectivity index (χ0v) is 12.9. The van der Waals surface area contributed by atoms with E-state index in [1.54, 1.807) is 6.07 Å². The van der Waals surface area contributed by atoms with Gasteiger partial charge in [-0.1, -0.05) is 36.4 Å². The van der Waals surface area contributed by atoms with E-state index in [0.29, 0.717) is 10.7 Å². The van der Waals surface area contributed by atoms with Crippen LogP contribution in [0, 0.1) is 0 Å². The van der Waals surface area contributed by atoms with Crippen molar-refractivity contribution < 1.29 is 0 Å². The smallest absolute Gasteiger partial charge is 0.257 e. The topological polar surface area (TPSA) is 69.3 Å². The van der Waals surface area contributed by atoms with Gasteiger partial charge in [0.25, 0.3) is 5.56 Å². The van der Waals surface area contributed by atoms with Crippen LogP contribution in [-0.4, -0.2) is 16.3 Å². The summed E-state index contributed by atoms with van der Waals surface area (Å²) in [5.41, 5.74) is 4.61. The number of nitrogens with zero attached hydrogens (tertiary/aromatic N) is 1. The molecule has 0 saturated carbocycles. The lowest BCUT2D eigenvalue weighted by Crippen LogP contribution is -2.24.